The molecule has 0 saturated carbocycles. The quantitative estimate of drug-likeness (QED) is 0.628. The number of hydrogen-bond donors (Lipinski definition) is 2. The average molecular weight is 250 g/mol. The van der Waals surface area contributed by atoms with Crippen LogP contribution in [-0.4, -0.2) is 22.8 Å². The van der Waals surface area contributed by atoms with Gasteiger partial charge in [0.25, 0.3) is 0 Å². The molecule has 0 radical (unpaired) electrons. The molecule has 0 atom stereocenters. The number of rotatable bonds is 4. The molecule has 1 heterocycles. The number of aromatic nitrogens is 2. The molecule has 0 spiro atoms. The molecule has 1 rings (SSSR count). The highest BCUT2D eigenvalue weighted by atomic mass is 19.4. The van der Waals surface area contributed by atoms with E-state index in [0.29, 0.717) is 17.2 Å². The number of nitrogen functional groups attached to an aromatic ring is 1. The maximum atomic E-state index is 11.9. The summed E-state index contributed by atoms with van der Waals surface area (Å²) in [7, 11) is 0. The highest BCUT2D eigenvalue weighted by molar-refractivity contribution is 5.47. The topological polar surface area (TPSA) is 73.1 Å². The van der Waals surface area contributed by atoms with Crippen molar-refractivity contribution in [3.8, 4) is 5.88 Å². The summed E-state index contributed by atoms with van der Waals surface area (Å²) in [4.78, 5) is 7.86. The van der Waals surface area contributed by atoms with E-state index in [-0.39, 0.29) is 5.88 Å². The molecule has 0 aliphatic heterocycles. The van der Waals surface area contributed by atoms with Crippen molar-refractivity contribution in [2.45, 2.75) is 26.4 Å². The van der Waals surface area contributed by atoms with Gasteiger partial charge in [-0.25, -0.2) is 10.8 Å². The molecule has 0 aliphatic rings. The van der Waals surface area contributed by atoms with E-state index < -0.39 is 19.2 Å². The summed E-state index contributed by atoms with van der Waals surface area (Å²) < 4.78 is 40.8. The number of ether oxygens (including phenoxy) is 1. The maximum Gasteiger partial charge on any atom is 0.392 e. The fourth-order valence-electron chi connectivity index (χ4n) is 1.15. The number of alkyl halides is 3. The zero-order valence-corrected chi connectivity index (χ0v) is 9.43. The second kappa shape index (κ2) is 5.17. The van der Waals surface area contributed by atoms with E-state index in [1.165, 1.54) is 0 Å². The molecule has 96 valence electrons. The van der Waals surface area contributed by atoms with Gasteiger partial charge >= 0.3 is 6.18 Å². The van der Waals surface area contributed by atoms with E-state index in [9.17, 15) is 13.2 Å². The monoisotopic (exact) mass is 250 g/mol. The first kappa shape index (κ1) is 13.5. The molecule has 0 unspecified atom stereocenters. The molecule has 5 nitrogen and oxygen atoms in total. The summed E-state index contributed by atoms with van der Waals surface area (Å²) in [6, 6.07) is 0. The van der Waals surface area contributed by atoms with Gasteiger partial charge in [0.1, 0.15) is 11.6 Å². The number of nitrogens with zero attached hydrogens (tertiary/aromatic N) is 2. The summed E-state index contributed by atoms with van der Waals surface area (Å²) >= 11 is 0. The van der Waals surface area contributed by atoms with Crippen molar-refractivity contribution in [3.05, 3.63) is 11.4 Å². The van der Waals surface area contributed by atoms with Crippen LogP contribution < -0.4 is 16.0 Å². The minimum absolute atomic E-state index is 0.106. The molecule has 0 amide bonds. The third-order valence-corrected chi connectivity index (χ3v) is 1.97. The van der Waals surface area contributed by atoms with E-state index in [4.69, 9.17) is 10.6 Å². The van der Waals surface area contributed by atoms with Crippen LogP contribution in [0.15, 0.2) is 0 Å². The molecule has 0 aromatic carbocycles. The van der Waals surface area contributed by atoms with E-state index in [2.05, 4.69) is 15.4 Å². The molecule has 3 N–H and O–H groups in total. The molecule has 17 heavy (non-hydrogen) atoms. The van der Waals surface area contributed by atoms with Crippen LogP contribution in [0.25, 0.3) is 0 Å². The predicted octanol–water partition coefficient (Wildman–Crippen LogP) is 1.71. The van der Waals surface area contributed by atoms with Gasteiger partial charge < -0.3 is 10.2 Å². The third-order valence-electron chi connectivity index (χ3n) is 1.97. The predicted molar refractivity (Wildman–Crippen MR) is 55.5 cm³/mol. The molecule has 0 bridgehead atoms. The van der Waals surface area contributed by atoms with Crippen molar-refractivity contribution in [1.82, 2.24) is 9.97 Å². The Hall–Kier alpha value is -1.57. The minimum atomic E-state index is -4.25. The highest BCUT2D eigenvalue weighted by Gasteiger charge is 2.27. The summed E-state index contributed by atoms with van der Waals surface area (Å²) in [5.74, 6) is 6.02. The molecule has 1 aromatic rings. The Morgan fingerprint density at radius 2 is 1.94 bits per heavy atom. The van der Waals surface area contributed by atoms with Crippen molar-refractivity contribution in [2.75, 3.05) is 12.0 Å². The second-order valence-corrected chi connectivity index (χ2v) is 3.41. The lowest BCUT2D eigenvalue weighted by Crippen LogP contribution is -2.16. The standard InChI is InChI=1S/C9H13F3N4O/c1-5-7(16-13)14-6(2)15-8(5)17-4-3-9(10,11)12/h3-4,13H2,1-2H3,(H,14,15,16). The van der Waals surface area contributed by atoms with Crippen LogP contribution in [0.2, 0.25) is 0 Å². The van der Waals surface area contributed by atoms with Gasteiger partial charge in [-0.15, -0.1) is 0 Å². The van der Waals surface area contributed by atoms with Gasteiger partial charge in [-0.05, 0) is 13.8 Å². The van der Waals surface area contributed by atoms with Crippen LogP contribution in [0.4, 0.5) is 19.0 Å². The summed E-state index contributed by atoms with van der Waals surface area (Å²) in [5, 5.41) is 0. The fourth-order valence-corrected chi connectivity index (χ4v) is 1.15. The van der Waals surface area contributed by atoms with Gasteiger partial charge in [0.2, 0.25) is 5.88 Å². The van der Waals surface area contributed by atoms with Gasteiger partial charge in [0.05, 0.1) is 18.6 Å². The highest BCUT2D eigenvalue weighted by Crippen LogP contribution is 2.23. The second-order valence-electron chi connectivity index (χ2n) is 3.41. The number of nitrogens with one attached hydrogen (secondary N) is 1. The lowest BCUT2D eigenvalue weighted by Gasteiger charge is -2.12. The van der Waals surface area contributed by atoms with Gasteiger partial charge in [-0.3, -0.25) is 0 Å². The summed E-state index contributed by atoms with van der Waals surface area (Å²) in [6.45, 7) is 2.72. The molecular weight excluding hydrogens is 237 g/mol. The van der Waals surface area contributed by atoms with Crippen molar-refractivity contribution in [3.63, 3.8) is 0 Å². The number of halogens is 3. The van der Waals surface area contributed by atoms with Gasteiger partial charge in [-0.2, -0.15) is 18.2 Å². The van der Waals surface area contributed by atoms with Crippen molar-refractivity contribution in [1.29, 1.82) is 0 Å². The molecule has 0 fully saturated rings. The third kappa shape index (κ3) is 4.06. The van der Waals surface area contributed by atoms with Crippen LogP contribution in [0.5, 0.6) is 5.88 Å². The molecule has 0 saturated heterocycles. The molecule has 0 aliphatic carbocycles. The lowest BCUT2D eigenvalue weighted by atomic mass is 10.3. The van der Waals surface area contributed by atoms with Crippen LogP contribution in [0.3, 0.4) is 0 Å². The Kier molecular flexibility index (Phi) is 4.11. The van der Waals surface area contributed by atoms with Gasteiger partial charge in [0, 0.05) is 0 Å². The lowest BCUT2D eigenvalue weighted by molar-refractivity contribution is -0.139. The normalized spacial score (nSPS) is 11.4. The summed E-state index contributed by atoms with van der Waals surface area (Å²) in [5.41, 5.74) is 2.80. The van der Waals surface area contributed by atoms with Crippen molar-refractivity contribution >= 4 is 5.82 Å². The Morgan fingerprint density at radius 3 is 2.47 bits per heavy atom. The van der Waals surface area contributed by atoms with E-state index in [1.807, 2.05) is 0 Å². The Bertz CT molecular complexity index is 395. The first-order chi connectivity index (χ1) is 7.83. The first-order valence-electron chi connectivity index (χ1n) is 4.85. The van der Waals surface area contributed by atoms with Gasteiger partial charge in [-0.1, -0.05) is 0 Å². The van der Waals surface area contributed by atoms with E-state index >= 15 is 0 Å². The van der Waals surface area contributed by atoms with Crippen molar-refractivity contribution < 1.29 is 17.9 Å². The van der Waals surface area contributed by atoms with Crippen LogP contribution in [-0.2, 0) is 0 Å². The Morgan fingerprint density at radius 1 is 1.29 bits per heavy atom. The van der Waals surface area contributed by atoms with E-state index in [1.54, 1.807) is 13.8 Å². The van der Waals surface area contributed by atoms with Gasteiger partial charge in [0.15, 0.2) is 0 Å². The Labute approximate surface area is 96.2 Å². The number of nitrogens with two attached hydrogens (primary N) is 1. The SMILES string of the molecule is Cc1nc(NN)c(C)c(OCCC(F)(F)F)n1. The molecule has 8 heteroatoms. The van der Waals surface area contributed by atoms with Crippen LogP contribution in [0, 0.1) is 13.8 Å². The minimum Gasteiger partial charge on any atom is -0.477 e. The summed E-state index contributed by atoms with van der Waals surface area (Å²) in [6.07, 6.45) is -5.27. The number of aryl methyl sites for hydroxylation is 1. The largest absolute Gasteiger partial charge is 0.477 e. The van der Waals surface area contributed by atoms with Crippen molar-refractivity contribution in [2.24, 2.45) is 5.84 Å². The number of hydrazine groups is 1. The fraction of sp³-hybridized carbons (Fsp3) is 0.556. The Balaban J connectivity index is 2.74. The number of anilines is 1. The zero-order valence-electron chi connectivity index (χ0n) is 9.43. The first-order valence-corrected chi connectivity index (χ1v) is 4.85. The van der Waals surface area contributed by atoms with E-state index in [0.717, 1.165) is 0 Å². The molecular formula is C9H13F3N4O. The average Bonchev–Trinajstić information content (AvgIpc) is 2.20. The van der Waals surface area contributed by atoms with Crippen LogP contribution in [0.1, 0.15) is 17.8 Å². The van der Waals surface area contributed by atoms with Crippen LogP contribution >= 0.6 is 0 Å². The smallest absolute Gasteiger partial charge is 0.392 e. The maximum absolute atomic E-state index is 11.9. The zero-order chi connectivity index (χ0) is 13.1. The molecule has 1 aromatic heterocycles. The number of hydrogen-bond acceptors (Lipinski definition) is 5.